The lowest BCUT2D eigenvalue weighted by molar-refractivity contribution is -0.191. The van der Waals surface area contributed by atoms with Crippen LogP contribution in [0.3, 0.4) is 0 Å². The van der Waals surface area contributed by atoms with Gasteiger partial charge in [0, 0.05) is 18.9 Å². The summed E-state index contributed by atoms with van der Waals surface area (Å²) in [6, 6.07) is -2.13. The number of urea groups is 1. The highest BCUT2D eigenvalue weighted by Crippen LogP contribution is 2.24. The molecular formula is C23H40N2O9. The topological polar surface area (TPSA) is 165 Å². The summed E-state index contributed by atoms with van der Waals surface area (Å²) in [7, 11) is 0. The van der Waals surface area contributed by atoms with Crippen LogP contribution in [0.4, 0.5) is 4.79 Å². The number of carboxylic acids is 1. The minimum atomic E-state index is -1.11. The number of aliphatic carboxylic acids is 1. The van der Waals surface area contributed by atoms with E-state index in [1.165, 1.54) is 0 Å². The summed E-state index contributed by atoms with van der Waals surface area (Å²) in [6.07, 6.45) is 0.313. The molecule has 0 radical (unpaired) electrons. The number of ether oxygens (including phenoxy) is 2. The summed E-state index contributed by atoms with van der Waals surface area (Å²) in [5, 5.41) is 14.3. The van der Waals surface area contributed by atoms with E-state index in [1.807, 2.05) is 20.8 Å². The first-order valence-electron chi connectivity index (χ1n) is 10.9. The number of carbonyl (C=O) groups is 4. The van der Waals surface area contributed by atoms with Gasteiger partial charge < -0.3 is 25.2 Å². The smallest absolute Gasteiger partial charge is 0.373 e. The van der Waals surface area contributed by atoms with Gasteiger partial charge in [-0.15, -0.1) is 0 Å². The minimum absolute atomic E-state index is 0.101. The molecule has 196 valence electrons. The van der Waals surface area contributed by atoms with E-state index in [1.54, 1.807) is 41.5 Å². The third kappa shape index (κ3) is 18.6. The van der Waals surface area contributed by atoms with Gasteiger partial charge in [-0.1, -0.05) is 20.8 Å². The van der Waals surface area contributed by atoms with Gasteiger partial charge in [0.15, 0.2) is 0 Å². The number of nitrogens with one attached hydrogen (secondary N) is 2. The number of rotatable bonds is 9. The summed E-state index contributed by atoms with van der Waals surface area (Å²) in [5.74, 6) is -2.15. The van der Waals surface area contributed by atoms with Crippen LogP contribution in [0.1, 0.15) is 88.0 Å². The van der Waals surface area contributed by atoms with Crippen LogP contribution in [0, 0.1) is 5.41 Å². The molecule has 0 bridgehead atoms. The van der Waals surface area contributed by atoms with Crippen LogP contribution >= 0.6 is 0 Å². The molecule has 2 atom stereocenters. The molecular weight excluding hydrogens is 448 g/mol. The Morgan fingerprint density at radius 2 is 1.26 bits per heavy atom. The van der Waals surface area contributed by atoms with Gasteiger partial charge in [-0.05, 0) is 59.8 Å². The molecule has 0 spiro atoms. The Bertz CT molecular complexity index is 722. The molecule has 0 fully saturated rings. The van der Waals surface area contributed by atoms with Crippen molar-refractivity contribution in [2.75, 3.05) is 0 Å². The van der Waals surface area contributed by atoms with E-state index in [0.29, 0.717) is 6.42 Å². The Balaban J connectivity index is 0. The molecule has 0 aliphatic carbocycles. The standard InChI is InChI=1S/C22H40N2O7.CO2/c1-20(2,3)15(11-13-17(27)30-21(4,5)6)24-19(29)23-14(10-12-16(25)26)18(28)31-22(7,8)9;2-1-3/h14-15H,10-13H2,1-9H3,(H,25,26)(H2,23,24,29);/t14-,15-;/m0./s1. The van der Waals surface area contributed by atoms with Crippen LogP contribution in [0.15, 0.2) is 0 Å². The van der Waals surface area contributed by atoms with Crippen molar-refractivity contribution in [2.45, 2.75) is 111 Å². The van der Waals surface area contributed by atoms with Crippen LogP contribution in [0.25, 0.3) is 0 Å². The normalized spacial score (nSPS) is 13.2. The van der Waals surface area contributed by atoms with E-state index in [0.717, 1.165) is 0 Å². The fourth-order valence-corrected chi connectivity index (χ4v) is 2.62. The van der Waals surface area contributed by atoms with Crippen molar-refractivity contribution in [1.82, 2.24) is 10.6 Å². The van der Waals surface area contributed by atoms with Crippen molar-refractivity contribution in [3.05, 3.63) is 0 Å². The van der Waals surface area contributed by atoms with Gasteiger partial charge in [-0.3, -0.25) is 9.59 Å². The van der Waals surface area contributed by atoms with Gasteiger partial charge >= 0.3 is 30.1 Å². The molecule has 3 N–H and O–H groups in total. The van der Waals surface area contributed by atoms with Crippen molar-refractivity contribution in [1.29, 1.82) is 0 Å². The fraction of sp³-hybridized carbons (Fsp3) is 0.783. The monoisotopic (exact) mass is 488 g/mol. The summed E-state index contributed by atoms with van der Waals surface area (Å²) in [4.78, 5) is 64.3. The molecule has 0 heterocycles. The first-order chi connectivity index (χ1) is 15.2. The zero-order valence-electron chi connectivity index (χ0n) is 21.7. The quantitative estimate of drug-likeness (QED) is 0.414. The van der Waals surface area contributed by atoms with E-state index in [2.05, 4.69) is 10.6 Å². The Kier molecular flexibility index (Phi) is 14.0. The Morgan fingerprint density at radius 1 is 0.794 bits per heavy atom. The Morgan fingerprint density at radius 3 is 1.65 bits per heavy atom. The average molecular weight is 489 g/mol. The van der Waals surface area contributed by atoms with Gasteiger partial charge in [0.05, 0.1) is 0 Å². The van der Waals surface area contributed by atoms with E-state index in [4.69, 9.17) is 24.2 Å². The van der Waals surface area contributed by atoms with Crippen molar-refractivity contribution >= 4 is 30.1 Å². The molecule has 0 unspecified atom stereocenters. The molecule has 0 saturated carbocycles. The predicted octanol–water partition coefficient (Wildman–Crippen LogP) is 2.81. The van der Waals surface area contributed by atoms with Crippen LogP contribution in [-0.4, -0.2) is 58.5 Å². The van der Waals surface area contributed by atoms with Gasteiger partial charge in [0.25, 0.3) is 0 Å². The zero-order chi connectivity index (χ0) is 27.3. The van der Waals surface area contributed by atoms with Gasteiger partial charge in [0.1, 0.15) is 17.2 Å². The maximum Gasteiger partial charge on any atom is 0.373 e. The van der Waals surface area contributed by atoms with Crippen molar-refractivity contribution in [2.24, 2.45) is 5.41 Å². The van der Waals surface area contributed by atoms with Crippen molar-refractivity contribution in [3.63, 3.8) is 0 Å². The summed E-state index contributed by atoms with van der Waals surface area (Å²) < 4.78 is 10.6. The third-order valence-corrected chi connectivity index (χ3v) is 4.05. The minimum Gasteiger partial charge on any atom is -0.481 e. The Hall–Kier alpha value is -2.94. The zero-order valence-corrected chi connectivity index (χ0v) is 21.7. The summed E-state index contributed by atoms with van der Waals surface area (Å²) >= 11 is 0. The highest BCUT2D eigenvalue weighted by Gasteiger charge is 2.31. The van der Waals surface area contributed by atoms with Gasteiger partial charge in [0.2, 0.25) is 0 Å². The van der Waals surface area contributed by atoms with Crippen molar-refractivity contribution in [3.8, 4) is 0 Å². The largest absolute Gasteiger partial charge is 0.481 e. The predicted molar refractivity (Wildman–Crippen MR) is 121 cm³/mol. The second kappa shape index (κ2) is 14.3. The van der Waals surface area contributed by atoms with E-state index >= 15 is 0 Å². The second-order valence-electron chi connectivity index (χ2n) is 10.8. The molecule has 0 aromatic carbocycles. The molecule has 0 saturated heterocycles. The van der Waals surface area contributed by atoms with Gasteiger partial charge in [-0.25, -0.2) is 9.59 Å². The maximum absolute atomic E-state index is 12.6. The SMILES string of the molecule is CC(C)(C)OC(=O)CC[C@H](NC(=O)N[C@@H](CCC(=O)O)C(=O)OC(C)(C)C)C(C)(C)C.O=C=O. The van der Waals surface area contributed by atoms with Crippen LogP contribution < -0.4 is 10.6 Å². The number of hydrogen-bond donors (Lipinski definition) is 3. The summed E-state index contributed by atoms with van der Waals surface area (Å²) in [5.41, 5.74) is -1.75. The van der Waals surface area contributed by atoms with Crippen molar-refractivity contribution < 1.29 is 43.3 Å². The van der Waals surface area contributed by atoms with Gasteiger partial charge in [-0.2, -0.15) is 9.59 Å². The molecule has 0 aliphatic heterocycles. The molecule has 0 aliphatic rings. The highest BCUT2D eigenvalue weighted by atomic mass is 16.6. The maximum atomic E-state index is 12.6. The number of carbonyl (C=O) groups excluding carboxylic acids is 5. The first kappa shape index (κ1) is 33.2. The van der Waals surface area contributed by atoms with E-state index in [9.17, 15) is 19.2 Å². The third-order valence-electron chi connectivity index (χ3n) is 4.05. The molecule has 11 nitrogen and oxygen atoms in total. The molecule has 0 aromatic heterocycles. The van der Waals surface area contributed by atoms with E-state index in [-0.39, 0.29) is 36.8 Å². The molecule has 2 amide bonds. The lowest BCUT2D eigenvalue weighted by atomic mass is 9.84. The number of amides is 2. The highest BCUT2D eigenvalue weighted by molar-refractivity contribution is 5.84. The second-order valence-corrected chi connectivity index (χ2v) is 10.8. The first-order valence-corrected chi connectivity index (χ1v) is 10.9. The average Bonchev–Trinajstić information content (AvgIpc) is 2.58. The fourth-order valence-electron chi connectivity index (χ4n) is 2.62. The molecule has 11 heteroatoms. The van der Waals surface area contributed by atoms with Crippen LogP contribution in [0.2, 0.25) is 0 Å². The van der Waals surface area contributed by atoms with E-state index < -0.39 is 41.3 Å². The Labute approximate surface area is 201 Å². The number of carboxylic acid groups (broad SMARTS) is 1. The van der Waals surface area contributed by atoms with Crippen LogP contribution in [-0.2, 0) is 33.4 Å². The number of esters is 2. The molecule has 34 heavy (non-hydrogen) atoms. The lowest BCUT2D eigenvalue weighted by Crippen LogP contribution is -2.53. The molecule has 0 aromatic rings. The lowest BCUT2D eigenvalue weighted by Gasteiger charge is -2.32. The molecule has 0 rings (SSSR count). The number of hydrogen-bond acceptors (Lipinski definition) is 8. The van der Waals surface area contributed by atoms with Crippen LogP contribution in [0.5, 0.6) is 0 Å². The summed E-state index contributed by atoms with van der Waals surface area (Å²) in [6.45, 7) is 16.2.